The number of halogens is 1. The maximum absolute atomic E-state index is 12.1. The van der Waals surface area contributed by atoms with Crippen LogP contribution in [0.5, 0.6) is 23.0 Å². The molecule has 0 spiro atoms. The number of ether oxygens (including phenoxy) is 6. The number of nitrogens with one attached hydrogen (secondary N) is 1. The number of amides is 1. The molecule has 0 fully saturated rings. The molecule has 0 bridgehead atoms. The number of unbranched alkanes of at least 4 members (excludes halogenated alkanes) is 2. The van der Waals surface area contributed by atoms with Gasteiger partial charge in [-0.2, -0.15) is 0 Å². The van der Waals surface area contributed by atoms with Crippen LogP contribution in [0.4, 0.5) is 11.4 Å². The summed E-state index contributed by atoms with van der Waals surface area (Å²) in [6.07, 6.45) is 2.00. The molecule has 1 amide bonds. The summed E-state index contributed by atoms with van der Waals surface area (Å²) in [4.78, 5) is 66.6. The molecular formula is C38H59ClN4O17Te. The summed E-state index contributed by atoms with van der Waals surface area (Å²) < 4.78 is 36.3. The van der Waals surface area contributed by atoms with Gasteiger partial charge in [-0.3, -0.25) is 39.4 Å². The molecule has 23 heteroatoms. The van der Waals surface area contributed by atoms with Gasteiger partial charge in [0.2, 0.25) is 11.1 Å². The first-order chi connectivity index (χ1) is 29.0. The zero-order valence-corrected chi connectivity index (χ0v) is 39.0. The predicted molar refractivity (Wildman–Crippen MR) is 224 cm³/mol. The topological polar surface area (TPSA) is 286 Å². The van der Waals surface area contributed by atoms with E-state index < -0.39 is 22.1 Å². The van der Waals surface area contributed by atoms with Crippen molar-refractivity contribution >= 4 is 68.8 Å². The Balaban J connectivity index is 0. The van der Waals surface area contributed by atoms with Gasteiger partial charge in [-0.1, -0.05) is 0 Å². The summed E-state index contributed by atoms with van der Waals surface area (Å²) in [6.45, 7) is 0.759. The van der Waals surface area contributed by atoms with E-state index in [4.69, 9.17) is 34.0 Å². The Bertz CT molecular complexity index is 1670. The van der Waals surface area contributed by atoms with E-state index >= 15 is 0 Å². The van der Waals surface area contributed by atoms with Gasteiger partial charge in [0, 0.05) is 39.3 Å². The fraction of sp³-hybridized carbons (Fsp3) is 0.579. The monoisotopic (exact) mass is 1010 g/mol. The van der Waals surface area contributed by atoms with E-state index in [0.717, 1.165) is 22.7 Å². The minimum absolute atomic E-state index is 0.0894. The molecule has 2 aromatic rings. The molecule has 0 radical (unpaired) electrons. The van der Waals surface area contributed by atoms with Crippen molar-refractivity contribution in [2.24, 2.45) is 0 Å². The van der Waals surface area contributed by atoms with Crippen LogP contribution >= 0.6 is 11.6 Å². The molecule has 0 saturated carbocycles. The van der Waals surface area contributed by atoms with Crippen LogP contribution in [-0.2, 0) is 28.7 Å². The van der Waals surface area contributed by atoms with Crippen LogP contribution in [0.3, 0.4) is 0 Å². The van der Waals surface area contributed by atoms with Gasteiger partial charge in [0.1, 0.15) is 0 Å². The number of nitrogens with zero attached hydrogens (tertiary/aromatic N) is 3. The van der Waals surface area contributed by atoms with Gasteiger partial charge < -0.3 is 48.9 Å². The quantitative estimate of drug-likeness (QED) is 0.0291. The first kappa shape index (κ1) is 58.5. The summed E-state index contributed by atoms with van der Waals surface area (Å²) in [5.41, 5.74) is -0.155. The average Bonchev–Trinajstić information content (AvgIpc) is 3.26. The SMILES string of the molecule is CNCCC(O)c1cc(OC)c(OC)cc1[N+](=O)[O-].COC(=O)CCCCC(=O)Cl.COC(=O)CCCCC(=O)N(C)CCC(O)c1cc(OC)c(OC)cc1[N+](=O)[O-].O[TeH]. The number of nitro benzene ring substituents is 2. The van der Waals surface area contributed by atoms with Gasteiger partial charge in [0.05, 0.1) is 88.0 Å². The molecule has 61 heavy (non-hydrogen) atoms. The van der Waals surface area contributed by atoms with E-state index in [1.807, 2.05) is 0 Å². The second-order valence-electron chi connectivity index (χ2n) is 12.5. The number of aliphatic hydroxyl groups is 2. The number of rotatable bonds is 24. The van der Waals surface area contributed by atoms with E-state index in [1.165, 1.54) is 71.8 Å². The van der Waals surface area contributed by atoms with Crippen LogP contribution in [-0.4, -0.2) is 144 Å². The van der Waals surface area contributed by atoms with Crippen molar-refractivity contribution in [1.82, 2.24) is 10.2 Å². The molecule has 0 saturated heterocycles. The third-order valence-corrected chi connectivity index (χ3v) is 8.68. The van der Waals surface area contributed by atoms with E-state index in [1.54, 1.807) is 14.1 Å². The number of esters is 2. The molecule has 2 aromatic carbocycles. The number of nitro groups is 2. The Kier molecular flexibility index (Phi) is 32.7. The minimum atomic E-state index is -1.16. The van der Waals surface area contributed by atoms with Crippen LogP contribution in [0.2, 0.25) is 0 Å². The van der Waals surface area contributed by atoms with Crippen LogP contribution in [0, 0.1) is 20.2 Å². The van der Waals surface area contributed by atoms with Crippen molar-refractivity contribution in [3.8, 4) is 23.0 Å². The summed E-state index contributed by atoms with van der Waals surface area (Å²) in [7, 11) is 11.6. The molecule has 346 valence electrons. The maximum atomic E-state index is 12.1. The van der Waals surface area contributed by atoms with Crippen molar-refractivity contribution in [3.05, 3.63) is 55.6 Å². The Labute approximate surface area is 373 Å². The molecule has 0 heterocycles. The molecule has 0 aliphatic rings. The molecule has 4 N–H and O–H groups in total. The van der Waals surface area contributed by atoms with Crippen molar-refractivity contribution in [2.75, 3.05) is 69.8 Å². The fourth-order valence-corrected chi connectivity index (χ4v) is 5.26. The molecule has 0 aliphatic carbocycles. The molecule has 2 atom stereocenters. The summed E-state index contributed by atoms with van der Waals surface area (Å²) in [5.74, 6) is 0.378. The molecule has 2 rings (SSSR count). The van der Waals surface area contributed by atoms with Gasteiger partial charge >= 0.3 is 38.1 Å². The Morgan fingerprint density at radius 3 is 1.39 bits per heavy atom. The number of carbonyl (C=O) groups excluding carboxylic acids is 4. The summed E-state index contributed by atoms with van der Waals surface area (Å²) in [5, 5.41) is 45.4. The molecule has 0 aliphatic heterocycles. The second-order valence-corrected chi connectivity index (χ2v) is 12.9. The molecular weight excluding hydrogens is 947 g/mol. The Morgan fingerprint density at radius 2 is 1.05 bits per heavy atom. The van der Waals surface area contributed by atoms with Gasteiger partial charge in [-0.05, 0) is 75.9 Å². The van der Waals surface area contributed by atoms with Gasteiger partial charge in [-0.15, -0.1) is 0 Å². The third kappa shape index (κ3) is 23.3. The number of aliphatic hydroxyl groups excluding tert-OH is 2. The van der Waals surface area contributed by atoms with Crippen molar-refractivity contribution < 1.29 is 71.1 Å². The van der Waals surface area contributed by atoms with E-state index in [0.29, 0.717) is 57.2 Å². The third-order valence-electron chi connectivity index (χ3n) is 8.49. The zero-order chi connectivity index (χ0) is 47.1. The van der Waals surface area contributed by atoms with E-state index in [9.17, 15) is 49.6 Å². The number of hydrogen-bond donors (Lipinski definition) is 4. The van der Waals surface area contributed by atoms with Gasteiger partial charge in [0.15, 0.2) is 23.0 Å². The molecule has 21 nitrogen and oxygen atoms in total. The van der Waals surface area contributed by atoms with E-state index in [2.05, 4.69) is 14.8 Å². The zero-order valence-electron chi connectivity index (χ0n) is 35.7. The average molecular weight is 1010 g/mol. The molecule has 2 unspecified atom stereocenters. The van der Waals surface area contributed by atoms with Crippen LogP contribution < -0.4 is 24.3 Å². The van der Waals surface area contributed by atoms with Crippen molar-refractivity contribution in [2.45, 2.75) is 76.4 Å². The second kappa shape index (κ2) is 34.1. The summed E-state index contributed by atoms with van der Waals surface area (Å²) >= 11 is 5.82. The first-order valence-electron chi connectivity index (χ1n) is 18.5. The van der Waals surface area contributed by atoms with Crippen molar-refractivity contribution in [1.29, 1.82) is 0 Å². The van der Waals surface area contributed by atoms with Crippen LogP contribution in [0.25, 0.3) is 0 Å². The van der Waals surface area contributed by atoms with Crippen molar-refractivity contribution in [3.63, 3.8) is 0 Å². The van der Waals surface area contributed by atoms with Gasteiger partial charge in [-0.25, -0.2) is 0 Å². The van der Waals surface area contributed by atoms with E-state index in [-0.39, 0.29) is 88.6 Å². The van der Waals surface area contributed by atoms with Crippen LogP contribution in [0.1, 0.15) is 87.5 Å². The van der Waals surface area contributed by atoms with Crippen LogP contribution in [0.15, 0.2) is 24.3 Å². The fourth-order valence-electron chi connectivity index (χ4n) is 5.12. The number of carbonyl (C=O) groups is 4. The number of hydrogen-bond acceptors (Lipinski definition) is 18. The predicted octanol–water partition coefficient (Wildman–Crippen LogP) is 3.76. The molecule has 0 aromatic heterocycles. The Morgan fingerprint density at radius 1 is 0.689 bits per heavy atom. The Hall–Kier alpha value is -4.56. The normalized spacial score (nSPS) is 11.0. The number of benzene rings is 2. The van der Waals surface area contributed by atoms with Gasteiger partial charge in [0.25, 0.3) is 11.4 Å². The summed E-state index contributed by atoms with van der Waals surface area (Å²) in [6, 6.07) is 5.28. The first-order valence-corrected chi connectivity index (χ1v) is 20.1. The standard InChI is InChI=1S/C19H28N2O8.C12H18N2O5.C7H11ClO3.H2OTe/c1-20(18(23)7-5-6-8-19(24)29-4)10-9-15(22)13-11-16(27-2)17(28-3)12-14(13)21(25)26;1-13-5-4-10(15)8-6-11(18-2)12(19-3)7-9(8)14(16)17;1-11-7(10)5-3-2-4-6(8)9;1-2/h11-12,15,22H,5-10H2,1-4H3;6-7,10,13,15H,4-5H2,1-3H3;2-5H2,1H3;1-2H. The number of methoxy groups -OCH3 is 6.